The van der Waals surface area contributed by atoms with Crippen LogP contribution in [0, 0.1) is 11.8 Å². The van der Waals surface area contributed by atoms with Crippen LogP contribution in [-0.4, -0.2) is 5.33 Å². The highest BCUT2D eigenvalue weighted by Gasteiger charge is 2.10. The monoisotopic (exact) mass is 220 g/mol. The van der Waals surface area contributed by atoms with Crippen LogP contribution in [-0.2, 0) is 0 Å². The summed E-state index contributed by atoms with van der Waals surface area (Å²) >= 11 is 3.57. The molecule has 0 aliphatic rings. The predicted molar refractivity (Wildman–Crippen MR) is 56.3 cm³/mol. The van der Waals surface area contributed by atoms with Crippen molar-refractivity contribution in [1.82, 2.24) is 0 Å². The molecule has 0 aromatic carbocycles. The summed E-state index contributed by atoms with van der Waals surface area (Å²) in [5.74, 6) is 1.73. The first-order valence-corrected chi connectivity index (χ1v) is 5.90. The van der Waals surface area contributed by atoms with Crippen molar-refractivity contribution in [1.29, 1.82) is 0 Å². The lowest BCUT2D eigenvalue weighted by Gasteiger charge is -2.17. The fraction of sp³-hybridized carbons (Fsp3) is 1.00. The molecule has 0 saturated heterocycles. The highest BCUT2D eigenvalue weighted by molar-refractivity contribution is 9.09. The van der Waals surface area contributed by atoms with Crippen LogP contribution in [0.4, 0.5) is 0 Å². The maximum atomic E-state index is 3.57. The Morgan fingerprint density at radius 2 is 1.82 bits per heavy atom. The van der Waals surface area contributed by atoms with Crippen LogP contribution in [0.5, 0.6) is 0 Å². The van der Waals surface area contributed by atoms with Crippen molar-refractivity contribution in [2.75, 3.05) is 5.33 Å². The molecule has 1 unspecified atom stereocenters. The van der Waals surface area contributed by atoms with Crippen molar-refractivity contribution in [2.24, 2.45) is 11.8 Å². The molecule has 0 spiro atoms. The molecule has 0 amide bonds. The number of rotatable bonds is 6. The van der Waals surface area contributed by atoms with E-state index >= 15 is 0 Å². The summed E-state index contributed by atoms with van der Waals surface area (Å²) < 4.78 is 0. The van der Waals surface area contributed by atoms with Gasteiger partial charge < -0.3 is 0 Å². The Bertz CT molecular complexity index is 78.9. The average Bonchev–Trinajstić information content (AvgIpc) is 1.97. The maximum absolute atomic E-state index is 3.57. The Balaban J connectivity index is 3.36. The van der Waals surface area contributed by atoms with Gasteiger partial charge in [-0.05, 0) is 18.3 Å². The Labute approximate surface area is 79.9 Å². The first kappa shape index (κ1) is 11.5. The van der Waals surface area contributed by atoms with Gasteiger partial charge in [-0.2, -0.15) is 0 Å². The lowest BCUT2D eigenvalue weighted by Crippen LogP contribution is -2.09. The second kappa shape index (κ2) is 7.15. The topological polar surface area (TPSA) is 0 Å². The molecule has 0 bridgehead atoms. The van der Waals surface area contributed by atoms with E-state index in [0.29, 0.717) is 0 Å². The summed E-state index contributed by atoms with van der Waals surface area (Å²) in [7, 11) is 0. The quantitative estimate of drug-likeness (QED) is 0.465. The van der Waals surface area contributed by atoms with Crippen molar-refractivity contribution in [3.05, 3.63) is 0 Å². The summed E-state index contributed by atoms with van der Waals surface area (Å²) in [6, 6.07) is 0. The van der Waals surface area contributed by atoms with Crippen LogP contribution in [0.25, 0.3) is 0 Å². The van der Waals surface area contributed by atoms with E-state index in [0.717, 1.165) is 11.8 Å². The maximum Gasteiger partial charge on any atom is 0.00621 e. The Hall–Kier alpha value is 0.480. The average molecular weight is 221 g/mol. The van der Waals surface area contributed by atoms with E-state index in [2.05, 4.69) is 36.7 Å². The molecule has 0 aromatic rings. The fourth-order valence-electron chi connectivity index (χ4n) is 1.25. The van der Waals surface area contributed by atoms with Crippen LogP contribution in [0.2, 0.25) is 0 Å². The molecule has 68 valence electrons. The van der Waals surface area contributed by atoms with Crippen LogP contribution in [0.15, 0.2) is 0 Å². The summed E-state index contributed by atoms with van der Waals surface area (Å²) in [4.78, 5) is 0. The van der Waals surface area contributed by atoms with Gasteiger partial charge in [0.15, 0.2) is 0 Å². The van der Waals surface area contributed by atoms with Gasteiger partial charge in [0.05, 0.1) is 0 Å². The third kappa shape index (κ3) is 5.72. The van der Waals surface area contributed by atoms with Crippen molar-refractivity contribution in [3.63, 3.8) is 0 Å². The molecule has 1 heteroatoms. The molecule has 0 heterocycles. The fourth-order valence-corrected chi connectivity index (χ4v) is 2.32. The van der Waals surface area contributed by atoms with Crippen molar-refractivity contribution >= 4 is 15.9 Å². The van der Waals surface area contributed by atoms with Gasteiger partial charge in [0.2, 0.25) is 0 Å². The van der Waals surface area contributed by atoms with E-state index < -0.39 is 0 Å². The van der Waals surface area contributed by atoms with Gasteiger partial charge in [-0.25, -0.2) is 0 Å². The number of halogens is 1. The zero-order valence-electron chi connectivity index (χ0n) is 8.07. The summed E-state index contributed by atoms with van der Waals surface area (Å²) in [6.45, 7) is 6.90. The molecule has 0 radical (unpaired) electrons. The molecule has 11 heavy (non-hydrogen) atoms. The van der Waals surface area contributed by atoms with E-state index in [1.807, 2.05) is 0 Å². The zero-order chi connectivity index (χ0) is 8.69. The summed E-state index contributed by atoms with van der Waals surface area (Å²) in [5, 5.41) is 1.17. The van der Waals surface area contributed by atoms with E-state index in [9.17, 15) is 0 Å². The van der Waals surface area contributed by atoms with Gasteiger partial charge in [0.25, 0.3) is 0 Å². The number of hydrogen-bond acceptors (Lipinski definition) is 0. The molecule has 0 N–H and O–H groups in total. The standard InChI is InChI=1S/C10H21Br/c1-4-5-6-7-10(8-11)9(2)3/h9-10H,4-8H2,1-3H3. The molecular weight excluding hydrogens is 200 g/mol. The van der Waals surface area contributed by atoms with E-state index in [1.165, 1.54) is 31.0 Å². The van der Waals surface area contributed by atoms with Crippen molar-refractivity contribution < 1.29 is 0 Å². The van der Waals surface area contributed by atoms with Gasteiger partial charge in [-0.15, -0.1) is 0 Å². The van der Waals surface area contributed by atoms with Gasteiger partial charge in [-0.3, -0.25) is 0 Å². The molecule has 0 aliphatic carbocycles. The van der Waals surface area contributed by atoms with Crippen molar-refractivity contribution in [2.45, 2.75) is 46.5 Å². The second-order valence-electron chi connectivity index (χ2n) is 3.65. The predicted octanol–water partition coefficient (Wildman–Crippen LogP) is 4.23. The Morgan fingerprint density at radius 1 is 1.18 bits per heavy atom. The minimum Gasteiger partial charge on any atom is -0.0925 e. The smallest absolute Gasteiger partial charge is 0.00621 e. The van der Waals surface area contributed by atoms with Crippen LogP contribution >= 0.6 is 15.9 Å². The molecule has 0 fully saturated rings. The van der Waals surface area contributed by atoms with Gasteiger partial charge in [-0.1, -0.05) is 56.0 Å². The summed E-state index contributed by atoms with van der Waals surface area (Å²) in [6.07, 6.45) is 5.55. The third-order valence-electron chi connectivity index (χ3n) is 2.32. The molecular formula is C10H21Br. The number of unbranched alkanes of at least 4 members (excludes halogenated alkanes) is 2. The highest BCUT2D eigenvalue weighted by Crippen LogP contribution is 2.20. The molecule has 0 rings (SSSR count). The number of alkyl halides is 1. The first-order valence-electron chi connectivity index (χ1n) is 4.78. The second-order valence-corrected chi connectivity index (χ2v) is 4.30. The van der Waals surface area contributed by atoms with Crippen LogP contribution in [0.3, 0.4) is 0 Å². The van der Waals surface area contributed by atoms with E-state index in [1.54, 1.807) is 0 Å². The van der Waals surface area contributed by atoms with E-state index in [4.69, 9.17) is 0 Å². The minimum atomic E-state index is 0.839. The normalized spacial score (nSPS) is 13.9. The van der Waals surface area contributed by atoms with E-state index in [-0.39, 0.29) is 0 Å². The van der Waals surface area contributed by atoms with Crippen LogP contribution < -0.4 is 0 Å². The zero-order valence-corrected chi connectivity index (χ0v) is 9.65. The molecule has 0 nitrogen and oxygen atoms in total. The molecule has 0 aromatic heterocycles. The van der Waals surface area contributed by atoms with Gasteiger partial charge >= 0.3 is 0 Å². The first-order chi connectivity index (χ1) is 5.22. The lowest BCUT2D eigenvalue weighted by atomic mass is 9.92. The third-order valence-corrected chi connectivity index (χ3v) is 3.15. The molecule has 0 saturated carbocycles. The molecule has 0 aliphatic heterocycles. The highest BCUT2D eigenvalue weighted by atomic mass is 79.9. The summed E-state index contributed by atoms with van der Waals surface area (Å²) in [5.41, 5.74) is 0. The SMILES string of the molecule is CCCCCC(CBr)C(C)C. The van der Waals surface area contributed by atoms with Gasteiger partial charge in [0, 0.05) is 5.33 Å². The Kier molecular flexibility index (Phi) is 7.46. The largest absolute Gasteiger partial charge is 0.0925 e. The lowest BCUT2D eigenvalue weighted by molar-refractivity contribution is 0.386. The van der Waals surface area contributed by atoms with Gasteiger partial charge in [0.1, 0.15) is 0 Å². The Morgan fingerprint density at radius 3 is 2.18 bits per heavy atom. The van der Waals surface area contributed by atoms with Crippen molar-refractivity contribution in [3.8, 4) is 0 Å². The van der Waals surface area contributed by atoms with Crippen LogP contribution in [0.1, 0.15) is 46.5 Å². The molecule has 1 atom stereocenters. The minimum absolute atomic E-state index is 0.839. The number of hydrogen-bond donors (Lipinski definition) is 0.